The van der Waals surface area contributed by atoms with Crippen LogP contribution in [0.1, 0.15) is 27.7 Å². The smallest absolute Gasteiger partial charge is 0.199 e. The van der Waals surface area contributed by atoms with E-state index in [0.29, 0.717) is 18.9 Å². The molecule has 0 fully saturated rings. The Hall–Kier alpha value is -0.780. The molecule has 0 bridgehead atoms. The largest absolute Gasteiger partial charge is 0.397 e. The second kappa shape index (κ2) is 7.50. The third-order valence-electron chi connectivity index (χ3n) is 1.80. The molecule has 15 heavy (non-hydrogen) atoms. The molecule has 5 heteroatoms. The van der Waals surface area contributed by atoms with E-state index in [1.807, 2.05) is 27.7 Å². The summed E-state index contributed by atoms with van der Waals surface area (Å²) in [5.74, 6) is 5.71. The highest BCUT2D eigenvalue weighted by Gasteiger charge is 2.12. The van der Waals surface area contributed by atoms with E-state index in [4.69, 9.17) is 21.1 Å². The Morgan fingerprint density at radius 3 is 2.07 bits per heavy atom. The standard InChI is InChI=1S/C10H23N3O2/c1-5-14-10(15-6-2)9(11)7-13(12)8(3)4/h7-8,10H,5-6,11-12H2,1-4H3/b9-7-. The summed E-state index contributed by atoms with van der Waals surface area (Å²) >= 11 is 0. The minimum atomic E-state index is -0.509. The van der Waals surface area contributed by atoms with Crippen molar-refractivity contribution in [3.8, 4) is 0 Å². The average molecular weight is 217 g/mol. The molecule has 0 aromatic carbocycles. The maximum Gasteiger partial charge on any atom is 0.199 e. The molecule has 0 rings (SSSR count). The van der Waals surface area contributed by atoms with Crippen LogP contribution in [0.25, 0.3) is 0 Å². The normalized spacial score (nSPS) is 12.6. The zero-order valence-corrected chi connectivity index (χ0v) is 10.1. The van der Waals surface area contributed by atoms with Crippen molar-refractivity contribution in [2.45, 2.75) is 40.0 Å². The van der Waals surface area contributed by atoms with Gasteiger partial charge in [0, 0.05) is 25.5 Å². The molecule has 90 valence electrons. The van der Waals surface area contributed by atoms with Crippen LogP contribution in [-0.4, -0.2) is 30.6 Å². The van der Waals surface area contributed by atoms with E-state index < -0.39 is 6.29 Å². The third kappa shape index (κ3) is 5.61. The van der Waals surface area contributed by atoms with Gasteiger partial charge in [-0.1, -0.05) is 0 Å². The molecule has 0 saturated carbocycles. The molecule has 0 aliphatic carbocycles. The van der Waals surface area contributed by atoms with E-state index in [0.717, 1.165) is 0 Å². The van der Waals surface area contributed by atoms with Gasteiger partial charge < -0.3 is 20.2 Å². The summed E-state index contributed by atoms with van der Waals surface area (Å²) in [7, 11) is 0. The van der Waals surface area contributed by atoms with Crippen LogP contribution in [0.4, 0.5) is 0 Å². The molecule has 0 aliphatic rings. The van der Waals surface area contributed by atoms with Crippen molar-refractivity contribution >= 4 is 0 Å². The van der Waals surface area contributed by atoms with E-state index >= 15 is 0 Å². The van der Waals surface area contributed by atoms with Gasteiger partial charge in [0.15, 0.2) is 6.29 Å². The molecule has 0 aromatic heterocycles. The number of nitrogens with two attached hydrogens (primary N) is 2. The Morgan fingerprint density at radius 2 is 1.73 bits per heavy atom. The van der Waals surface area contributed by atoms with Gasteiger partial charge in [0.2, 0.25) is 0 Å². The number of hydrogen-bond donors (Lipinski definition) is 2. The maximum absolute atomic E-state index is 5.82. The fraction of sp³-hybridized carbons (Fsp3) is 0.800. The minimum Gasteiger partial charge on any atom is -0.397 e. The van der Waals surface area contributed by atoms with Gasteiger partial charge in [-0.2, -0.15) is 0 Å². The number of nitrogens with zero attached hydrogens (tertiary/aromatic N) is 1. The van der Waals surface area contributed by atoms with Gasteiger partial charge >= 0.3 is 0 Å². The van der Waals surface area contributed by atoms with E-state index in [2.05, 4.69) is 0 Å². The first-order valence-corrected chi connectivity index (χ1v) is 5.26. The lowest BCUT2D eigenvalue weighted by Crippen LogP contribution is -2.35. The van der Waals surface area contributed by atoms with Gasteiger partial charge in [0.1, 0.15) is 0 Å². The highest BCUT2D eigenvalue weighted by atomic mass is 16.7. The van der Waals surface area contributed by atoms with Crippen molar-refractivity contribution in [2.24, 2.45) is 11.6 Å². The highest BCUT2D eigenvalue weighted by molar-refractivity contribution is 4.99. The van der Waals surface area contributed by atoms with Gasteiger partial charge in [0.25, 0.3) is 0 Å². The number of ether oxygens (including phenoxy) is 2. The van der Waals surface area contributed by atoms with Gasteiger partial charge in [-0.3, -0.25) is 0 Å². The predicted molar refractivity (Wildman–Crippen MR) is 60.5 cm³/mol. The molecule has 0 heterocycles. The lowest BCUT2D eigenvalue weighted by atomic mass is 10.3. The first-order chi connectivity index (χ1) is 7.02. The molecule has 5 nitrogen and oxygen atoms in total. The summed E-state index contributed by atoms with van der Waals surface area (Å²) in [5.41, 5.74) is 6.30. The van der Waals surface area contributed by atoms with Crippen LogP contribution in [0.5, 0.6) is 0 Å². The molecule has 0 unspecified atom stereocenters. The lowest BCUT2D eigenvalue weighted by Gasteiger charge is -2.22. The number of hydrazine groups is 1. The first kappa shape index (κ1) is 14.2. The van der Waals surface area contributed by atoms with Crippen molar-refractivity contribution in [3.05, 3.63) is 11.9 Å². The van der Waals surface area contributed by atoms with Crippen LogP contribution in [0.15, 0.2) is 11.9 Å². The second-order valence-electron chi connectivity index (χ2n) is 3.41. The number of rotatable bonds is 7. The van der Waals surface area contributed by atoms with Crippen LogP contribution in [-0.2, 0) is 9.47 Å². The van der Waals surface area contributed by atoms with E-state index in [9.17, 15) is 0 Å². The Bertz CT molecular complexity index is 189. The summed E-state index contributed by atoms with van der Waals surface area (Å²) in [6.07, 6.45) is 1.13. The Morgan fingerprint density at radius 1 is 1.27 bits per heavy atom. The van der Waals surface area contributed by atoms with Crippen molar-refractivity contribution in [3.63, 3.8) is 0 Å². The Labute approximate surface area is 92.0 Å². The van der Waals surface area contributed by atoms with Crippen molar-refractivity contribution in [1.29, 1.82) is 0 Å². The molecule has 0 aliphatic heterocycles. The van der Waals surface area contributed by atoms with Crippen molar-refractivity contribution in [1.82, 2.24) is 5.01 Å². The van der Waals surface area contributed by atoms with Gasteiger partial charge in [-0.05, 0) is 27.7 Å². The first-order valence-electron chi connectivity index (χ1n) is 5.26. The van der Waals surface area contributed by atoms with Crippen LogP contribution in [0.3, 0.4) is 0 Å². The molecule has 0 spiro atoms. The second-order valence-corrected chi connectivity index (χ2v) is 3.41. The summed E-state index contributed by atoms with van der Waals surface area (Å²) in [4.78, 5) is 0. The highest BCUT2D eigenvalue weighted by Crippen LogP contribution is 2.05. The Balaban J connectivity index is 4.39. The SMILES string of the molecule is CCOC(OCC)/C(N)=C/N(N)C(C)C. The molecular formula is C10H23N3O2. The fourth-order valence-corrected chi connectivity index (χ4v) is 0.925. The van der Waals surface area contributed by atoms with Gasteiger partial charge in [-0.25, -0.2) is 5.84 Å². The monoisotopic (exact) mass is 217 g/mol. The maximum atomic E-state index is 5.82. The van der Waals surface area contributed by atoms with Crippen LogP contribution >= 0.6 is 0 Å². The van der Waals surface area contributed by atoms with Crippen molar-refractivity contribution < 1.29 is 9.47 Å². The zero-order chi connectivity index (χ0) is 11.8. The third-order valence-corrected chi connectivity index (χ3v) is 1.80. The van der Waals surface area contributed by atoms with Gasteiger partial charge in [0.05, 0.1) is 5.70 Å². The summed E-state index contributed by atoms with van der Waals surface area (Å²) < 4.78 is 10.7. The summed E-state index contributed by atoms with van der Waals surface area (Å²) in [6, 6.07) is 0.187. The number of hydrogen-bond acceptors (Lipinski definition) is 5. The molecule has 4 N–H and O–H groups in total. The minimum absolute atomic E-state index is 0.187. The summed E-state index contributed by atoms with van der Waals surface area (Å²) in [5, 5.41) is 1.53. The summed E-state index contributed by atoms with van der Waals surface area (Å²) in [6.45, 7) is 8.82. The average Bonchev–Trinajstić information content (AvgIpc) is 2.17. The molecule has 0 radical (unpaired) electrons. The molecule has 0 amide bonds. The molecule has 0 aromatic rings. The van der Waals surface area contributed by atoms with E-state index in [1.165, 1.54) is 5.01 Å². The quantitative estimate of drug-likeness (QED) is 0.374. The predicted octanol–water partition coefficient (Wildman–Crippen LogP) is 0.770. The van der Waals surface area contributed by atoms with Gasteiger partial charge in [-0.15, -0.1) is 0 Å². The molecule has 0 atom stereocenters. The fourth-order valence-electron chi connectivity index (χ4n) is 0.925. The topological polar surface area (TPSA) is 73.7 Å². The van der Waals surface area contributed by atoms with E-state index in [-0.39, 0.29) is 6.04 Å². The van der Waals surface area contributed by atoms with Crippen molar-refractivity contribution in [2.75, 3.05) is 13.2 Å². The molecular weight excluding hydrogens is 194 g/mol. The zero-order valence-electron chi connectivity index (χ0n) is 10.1. The molecule has 0 saturated heterocycles. The lowest BCUT2D eigenvalue weighted by molar-refractivity contribution is -0.112. The Kier molecular flexibility index (Phi) is 7.11. The van der Waals surface area contributed by atoms with Crippen LogP contribution in [0.2, 0.25) is 0 Å². The van der Waals surface area contributed by atoms with Crippen LogP contribution < -0.4 is 11.6 Å². The van der Waals surface area contributed by atoms with Crippen LogP contribution in [0, 0.1) is 0 Å². The van der Waals surface area contributed by atoms with E-state index in [1.54, 1.807) is 6.20 Å².